The number of ether oxygens (including phenoxy) is 2. The topological polar surface area (TPSA) is 18.5 Å². The number of benzene rings is 3. The van der Waals surface area contributed by atoms with Gasteiger partial charge in [0.05, 0.1) is 5.92 Å². The van der Waals surface area contributed by atoms with Gasteiger partial charge in [0.25, 0.3) is 0 Å². The summed E-state index contributed by atoms with van der Waals surface area (Å²) in [7, 11) is 0. The molecule has 0 heterocycles. The second-order valence-corrected chi connectivity index (χ2v) is 12.4. The zero-order valence-corrected chi connectivity index (χ0v) is 24.7. The molecule has 2 saturated carbocycles. The molecule has 0 bridgehead atoms. The Morgan fingerprint density at radius 1 is 0.689 bits per heavy atom. The highest BCUT2D eigenvalue weighted by Crippen LogP contribution is 2.48. The zero-order chi connectivity index (χ0) is 32.6. The second kappa shape index (κ2) is 13.0. The van der Waals surface area contributed by atoms with E-state index in [4.69, 9.17) is 0 Å². The summed E-state index contributed by atoms with van der Waals surface area (Å²) in [6.45, 7) is 2.16. The lowest BCUT2D eigenvalue weighted by atomic mass is 9.68. The molecule has 0 atom stereocenters. The maximum absolute atomic E-state index is 15.0. The predicted molar refractivity (Wildman–Crippen MR) is 151 cm³/mol. The van der Waals surface area contributed by atoms with Gasteiger partial charge in [-0.15, -0.1) is 13.2 Å². The first-order valence-electron chi connectivity index (χ1n) is 15.4. The average molecular weight is 647 g/mol. The Kier molecular flexibility index (Phi) is 9.69. The van der Waals surface area contributed by atoms with E-state index in [0.29, 0.717) is 24.7 Å². The van der Waals surface area contributed by atoms with E-state index in [9.17, 15) is 30.7 Å². The Morgan fingerprint density at radius 2 is 1.24 bits per heavy atom. The van der Waals surface area contributed by atoms with Crippen LogP contribution < -0.4 is 4.74 Å². The van der Waals surface area contributed by atoms with Gasteiger partial charge < -0.3 is 4.74 Å². The van der Waals surface area contributed by atoms with Crippen LogP contribution in [0.25, 0.3) is 10.8 Å². The monoisotopic (exact) mass is 646 g/mol. The van der Waals surface area contributed by atoms with Gasteiger partial charge >= 0.3 is 18.6 Å². The molecular weight excluding hydrogens is 611 g/mol. The van der Waals surface area contributed by atoms with Gasteiger partial charge in [0.15, 0.2) is 0 Å². The van der Waals surface area contributed by atoms with Crippen LogP contribution in [-0.4, -0.2) is 12.5 Å². The summed E-state index contributed by atoms with van der Waals surface area (Å²) in [5, 5.41) is 2.46. The number of fused-ring (bicyclic) bond motifs is 1. The molecule has 2 nitrogen and oxygen atoms in total. The molecule has 0 aliphatic heterocycles. The lowest BCUT2D eigenvalue weighted by molar-refractivity contribution is -0.432. The van der Waals surface area contributed by atoms with Gasteiger partial charge in [-0.1, -0.05) is 49.7 Å². The predicted octanol–water partition coefficient (Wildman–Crippen LogP) is 11.4. The van der Waals surface area contributed by atoms with Crippen LogP contribution in [-0.2, 0) is 17.3 Å². The fourth-order valence-electron chi connectivity index (χ4n) is 7.19. The Bertz CT molecular complexity index is 1450. The number of hydrogen-bond donors (Lipinski definition) is 0. The van der Waals surface area contributed by atoms with Crippen molar-refractivity contribution in [2.24, 2.45) is 17.8 Å². The van der Waals surface area contributed by atoms with Crippen LogP contribution in [0, 0.1) is 29.4 Å². The molecule has 2 fully saturated rings. The van der Waals surface area contributed by atoms with Crippen molar-refractivity contribution >= 4 is 10.8 Å². The summed E-state index contributed by atoms with van der Waals surface area (Å²) in [5.74, 6) is -5.69. The van der Waals surface area contributed by atoms with Gasteiger partial charge in [-0.3, -0.25) is 0 Å². The SMILES string of the molecule is CCCc1ccc2cc(C3CCC(C4CCC(C(F)(F)Oc5cc(F)c(C(F)(F)OC(F)(F)F)c(F)c5)CC4)CC3)ccc2c1. The van der Waals surface area contributed by atoms with E-state index in [1.165, 1.54) is 21.9 Å². The summed E-state index contributed by atoms with van der Waals surface area (Å²) in [6, 6.07) is 13.3. The minimum Gasteiger partial charge on any atom is -0.432 e. The number of alkyl halides is 7. The highest BCUT2D eigenvalue weighted by molar-refractivity contribution is 5.84. The van der Waals surface area contributed by atoms with E-state index in [-0.39, 0.29) is 30.9 Å². The van der Waals surface area contributed by atoms with Gasteiger partial charge in [-0.05, 0) is 97.4 Å². The molecule has 2 aliphatic rings. The Hall–Kier alpha value is -2.95. The van der Waals surface area contributed by atoms with Gasteiger partial charge in [-0.25, -0.2) is 13.5 Å². The van der Waals surface area contributed by atoms with Crippen molar-refractivity contribution in [3.63, 3.8) is 0 Å². The molecule has 0 spiro atoms. The third-order valence-corrected chi connectivity index (χ3v) is 9.43. The van der Waals surface area contributed by atoms with Crippen LogP contribution in [0.1, 0.15) is 87.3 Å². The van der Waals surface area contributed by atoms with Crippen LogP contribution in [0.3, 0.4) is 0 Å². The molecule has 0 amide bonds. The number of aryl methyl sites for hydroxylation is 1. The first-order chi connectivity index (χ1) is 21.1. The van der Waals surface area contributed by atoms with Crippen LogP contribution in [0.2, 0.25) is 0 Å². The molecule has 0 saturated heterocycles. The van der Waals surface area contributed by atoms with Crippen molar-refractivity contribution in [1.29, 1.82) is 0 Å². The van der Waals surface area contributed by atoms with E-state index in [1.807, 2.05) is 0 Å². The van der Waals surface area contributed by atoms with Crippen molar-refractivity contribution in [2.75, 3.05) is 0 Å². The summed E-state index contributed by atoms with van der Waals surface area (Å²) in [5.41, 5.74) is 0.300. The Labute approximate surface area is 255 Å². The Morgan fingerprint density at radius 3 is 1.82 bits per heavy atom. The van der Waals surface area contributed by atoms with Crippen LogP contribution >= 0.6 is 0 Å². The van der Waals surface area contributed by atoms with Crippen molar-refractivity contribution < 1.29 is 49.0 Å². The number of hydrogen-bond acceptors (Lipinski definition) is 2. The molecule has 5 rings (SSSR count). The standard InChI is InChI=1S/C34H35F9O2/c1-2-3-20-4-5-26-17-25(11-10-24(26)16-20)23-8-6-21(7-9-23)22-12-14-27(15-13-22)32(37,38)44-28-18-29(35)31(30(36)19-28)33(39,40)45-34(41,42)43/h4-5,10-11,16-19,21-23,27H,2-3,6-9,12-15H2,1H3. The first kappa shape index (κ1) is 33.4. The van der Waals surface area contributed by atoms with Crippen LogP contribution in [0.4, 0.5) is 39.5 Å². The molecular formula is C34H35F9O2. The number of rotatable bonds is 9. The fourth-order valence-corrected chi connectivity index (χ4v) is 7.19. The van der Waals surface area contributed by atoms with Gasteiger partial charge in [0.2, 0.25) is 0 Å². The minimum absolute atomic E-state index is 0.00325. The quantitative estimate of drug-likeness (QED) is 0.215. The largest absolute Gasteiger partial charge is 0.527 e. The molecule has 3 aromatic rings. The van der Waals surface area contributed by atoms with E-state index in [2.05, 4.69) is 52.8 Å². The molecule has 0 N–H and O–H groups in total. The van der Waals surface area contributed by atoms with Crippen LogP contribution in [0.15, 0.2) is 48.5 Å². The highest BCUT2D eigenvalue weighted by atomic mass is 19.4. The van der Waals surface area contributed by atoms with Gasteiger partial charge in [0, 0.05) is 12.1 Å². The van der Waals surface area contributed by atoms with Crippen molar-refractivity contribution in [1.82, 2.24) is 0 Å². The summed E-state index contributed by atoms with van der Waals surface area (Å²) < 4.78 is 130. The van der Waals surface area contributed by atoms with Crippen LogP contribution in [0.5, 0.6) is 5.75 Å². The van der Waals surface area contributed by atoms with Crippen molar-refractivity contribution in [2.45, 2.75) is 95.6 Å². The molecule has 0 aromatic heterocycles. The Balaban J connectivity index is 1.14. The van der Waals surface area contributed by atoms with E-state index in [1.54, 1.807) is 0 Å². The lowest BCUT2D eigenvalue weighted by Gasteiger charge is -2.39. The smallest absolute Gasteiger partial charge is 0.432 e. The average Bonchev–Trinajstić information content (AvgIpc) is 2.95. The fraction of sp³-hybridized carbons (Fsp3) is 0.529. The summed E-state index contributed by atoms with van der Waals surface area (Å²) in [4.78, 5) is 0. The number of halogens is 9. The normalized spacial score (nSPS) is 23.3. The minimum atomic E-state index is -5.90. The molecule has 2 aliphatic carbocycles. The molecule has 3 aromatic carbocycles. The second-order valence-electron chi connectivity index (χ2n) is 12.4. The highest BCUT2D eigenvalue weighted by Gasteiger charge is 2.50. The van der Waals surface area contributed by atoms with E-state index < -0.39 is 47.4 Å². The molecule has 0 radical (unpaired) electrons. The van der Waals surface area contributed by atoms with Crippen molar-refractivity contribution in [3.05, 3.63) is 76.9 Å². The first-order valence-corrected chi connectivity index (χ1v) is 15.4. The maximum atomic E-state index is 15.0. The molecule has 0 unspecified atom stereocenters. The van der Waals surface area contributed by atoms with E-state index in [0.717, 1.165) is 38.5 Å². The van der Waals surface area contributed by atoms with E-state index >= 15 is 8.78 Å². The third-order valence-electron chi connectivity index (χ3n) is 9.43. The van der Waals surface area contributed by atoms with Gasteiger partial charge in [-0.2, -0.15) is 17.6 Å². The maximum Gasteiger partial charge on any atom is 0.527 e. The molecule has 246 valence electrons. The molecule has 11 heteroatoms. The molecule has 45 heavy (non-hydrogen) atoms. The third kappa shape index (κ3) is 7.89. The zero-order valence-electron chi connectivity index (χ0n) is 24.7. The summed E-state index contributed by atoms with van der Waals surface area (Å²) >= 11 is 0. The summed E-state index contributed by atoms with van der Waals surface area (Å²) in [6.07, 6.45) is -7.77. The lowest BCUT2D eigenvalue weighted by Crippen LogP contribution is -2.38. The van der Waals surface area contributed by atoms with Crippen molar-refractivity contribution in [3.8, 4) is 5.75 Å². The van der Waals surface area contributed by atoms with Gasteiger partial charge in [0.1, 0.15) is 22.9 Å².